The van der Waals surface area contributed by atoms with E-state index in [0.29, 0.717) is 111 Å². The molecule has 0 saturated heterocycles. The molecule has 0 aliphatic carbocycles. The lowest BCUT2D eigenvalue weighted by Gasteiger charge is -2.14. The van der Waals surface area contributed by atoms with E-state index in [4.69, 9.17) is 49.5 Å². The summed E-state index contributed by atoms with van der Waals surface area (Å²) in [6, 6.07) is 79.1. The maximum absolute atomic E-state index is 9.50. The van der Waals surface area contributed by atoms with Crippen LogP contribution in [0.1, 0.15) is 61.6 Å². The molecule has 0 aliphatic heterocycles. The van der Waals surface area contributed by atoms with E-state index in [9.17, 15) is 5.11 Å². The monoisotopic (exact) mass is 1400 g/mol. The van der Waals surface area contributed by atoms with Crippen molar-refractivity contribution in [3.8, 4) is 46.5 Å². The van der Waals surface area contributed by atoms with Crippen LogP contribution in [-0.4, -0.2) is 45.0 Å². The van der Waals surface area contributed by atoms with Crippen LogP contribution in [-0.2, 0) is 63.9 Å². The van der Waals surface area contributed by atoms with Crippen molar-refractivity contribution in [1.29, 1.82) is 0 Å². The molecule has 0 radical (unpaired) electrons. The van der Waals surface area contributed by atoms with E-state index < -0.39 is 0 Å². The SMILES string of the molecule is C=Cc1ncnc(OCc2ccccc2)c1OCc1ccccc1.Clc1ncnc(OCc2ccccc2)c1OCc1ccccc1.ICc1ncnc(OCc2ccccc2)c1OCc1ccccc1.OCc1ncnc(OCc2ccccc2)c1OCc1ccccc1. The molecule has 0 unspecified atom stereocenters. The number of halogens is 2. The third-order valence-corrected chi connectivity index (χ3v) is 14.5. The number of benzene rings is 8. The van der Waals surface area contributed by atoms with Crippen molar-refractivity contribution in [3.63, 3.8) is 0 Å². The minimum atomic E-state index is -0.242. The first-order chi connectivity index (χ1) is 46.9. The first-order valence-corrected chi connectivity index (χ1v) is 32.0. The van der Waals surface area contributed by atoms with Gasteiger partial charge < -0.3 is 43.0 Å². The Morgan fingerprint density at radius 2 is 0.547 bits per heavy atom. The number of nitrogens with zero attached hydrogens (tertiary/aromatic N) is 8. The molecule has 0 spiro atoms. The molecule has 0 fully saturated rings. The quantitative estimate of drug-likeness (QED) is 0.0289. The van der Waals surface area contributed by atoms with E-state index in [1.807, 2.05) is 243 Å². The van der Waals surface area contributed by atoms with Gasteiger partial charge in [-0.15, -0.1) is 0 Å². The van der Waals surface area contributed by atoms with Crippen LogP contribution in [0, 0.1) is 0 Å². The minimum absolute atomic E-state index is 0.235. The fourth-order valence-electron chi connectivity index (χ4n) is 8.63. The summed E-state index contributed by atoms with van der Waals surface area (Å²) in [5, 5.41) is 9.73. The molecule has 1 N–H and O–H groups in total. The van der Waals surface area contributed by atoms with E-state index >= 15 is 0 Å². The Kier molecular flexibility index (Phi) is 28.1. The molecule has 12 aromatic rings. The molecule has 480 valence electrons. The van der Waals surface area contributed by atoms with Gasteiger partial charge in [0.25, 0.3) is 23.5 Å². The molecule has 0 amide bonds. The largest absolute Gasteiger partial charge is 0.482 e. The fourth-order valence-corrected chi connectivity index (χ4v) is 9.35. The summed E-state index contributed by atoms with van der Waals surface area (Å²) in [4.78, 5) is 33.2. The lowest BCUT2D eigenvalue weighted by atomic mass is 10.2. The van der Waals surface area contributed by atoms with Crippen LogP contribution in [0.3, 0.4) is 0 Å². The Morgan fingerprint density at radius 1 is 0.305 bits per heavy atom. The van der Waals surface area contributed by atoms with Gasteiger partial charge in [-0.05, 0) is 50.6 Å². The summed E-state index contributed by atoms with van der Waals surface area (Å²) in [5.74, 6) is 3.42. The molecule has 0 bridgehead atoms. The first kappa shape index (κ1) is 68.6. The van der Waals surface area contributed by atoms with Gasteiger partial charge in [0.2, 0.25) is 23.0 Å². The number of ether oxygens (including phenoxy) is 8. The summed E-state index contributed by atoms with van der Waals surface area (Å²) in [5.41, 5.74) is 10.3. The normalized spacial score (nSPS) is 10.3. The smallest absolute Gasteiger partial charge is 0.262 e. The van der Waals surface area contributed by atoms with Gasteiger partial charge in [-0.2, -0.15) is 19.9 Å². The molecular formula is C76H68ClIN8O9. The molecule has 12 rings (SSSR count). The van der Waals surface area contributed by atoms with Crippen molar-refractivity contribution in [2.45, 2.75) is 63.9 Å². The standard InChI is InChI=1S/C20H18N2O2.C19H17IN2O2.C19H18N2O3.C18H15ClN2O2/c1-2-18-19(23-13-16-9-5-3-6-10-16)20(22-15-21-18)24-14-17-11-7-4-8-12-17;20-11-17-18(23-12-15-7-3-1-4-8-15)19(22-14-21-17)24-13-16-9-5-2-6-10-16;22-11-17-18(23-12-15-7-3-1-4-8-15)19(21-14-20-17)24-13-16-9-5-2-6-10-16;19-17-16(22-11-14-7-3-1-4-8-14)18(21-13-20-17)23-12-15-9-5-2-6-10-15/h2-12,15H,1,13-14H2;1-10,14H,11-13H2;1-10,14,22H,11-13H2;1-10,13H,11-12H2. The molecule has 17 nitrogen and oxygen atoms in total. The third kappa shape index (κ3) is 22.8. The number of rotatable bonds is 27. The highest BCUT2D eigenvalue weighted by Gasteiger charge is 2.18. The predicted octanol–water partition coefficient (Wildman–Crippen LogP) is 16.3. The molecular weight excluding hydrogens is 1330 g/mol. The second kappa shape index (κ2) is 38.9. The Labute approximate surface area is 571 Å². The van der Waals surface area contributed by atoms with E-state index in [-0.39, 0.29) is 11.8 Å². The number of aliphatic hydroxyl groups is 1. The Hall–Kier alpha value is -10.8. The third-order valence-electron chi connectivity index (χ3n) is 13.5. The van der Waals surface area contributed by atoms with Crippen molar-refractivity contribution >= 4 is 40.3 Å². The first-order valence-electron chi connectivity index (χ1n) is 30.1. The summed E-state index contributed by atoms with van der Waals surface area (Å²) in [7, 11) is 0. The fraction of sp³-hybridized carbons (Fsp3) is 0.132. The van der Waals surface area contributed by atoms with E-state index in [1.165, 1.54) is 25.3 Å². The molecule has 4 heterocycles. The molecule has 0 aliphatic rings. The Bertz CT molecular complexity index is 4020. The number of aromatic nitrogens is 8. The average molecular weight is 1400 g/mol. The van der Waals surface area contributed by atoms with Crippen LogP contribution in [0.4, 0.5) is 0 Å². The molecule has 0 atom stereocenters. The predicted molar refractivity (Wildman–Crippen MR) is 373 cm³/mol. The van der Waals surface area contributed by atoms with Crippen molar-refractivity contribution in [2.75, 3.05) is 0 Å². The maximum Gasteiger partial charge on any atom is 0.262 e. The zero-order valence-corrected chi connectivity index (χ0v) is 54.7. The van der Waals surface area contributed by atoms with Crippen molar-refractivity contribution in [2.24, 2.45) is 0 Å². The van der Waals surface area contributed by atoms with Crippen molar-refractivity contribution in [1.82, 2.24) is 39.9 Å². The summed E-state index contributed by atoms with van der Waals surface area (Å²) in [6.45, 7) is 6.74. The van der Waals surface area contributed by atoms with Crippen LogP contribution in [0.25, 0.3) is 6.08 Å². The second-order valence-corrected chi connectivity index (χ2v) is 21.4. The molecule has 19 heteroatoms. The van der Waals surface area contributed by atoms with Gasteiger partial charge in [-0.25, -0.2) is 19.9 Å². The lowest BCUT2D eigenvalue weighted by Crippen LogP contribution is -2.06. The van der Waals surface area contributed by atoms with Crippen molar-refractivity contribution in [3.05, 3.63) is 341 Å². The maximum atomic E-state index is 9.50. The van der Waals surface area contributed by atoms with Crippen LogP contribution in [0.2, 0.25) is 5.15 Å². The molecule has 95 heavy (non-hydrogen) atoms. The highest BCUT2D eigenvalue weighted by Crippen LogP contribution is 2.34. The lowest BCUT2D eigenvalue weighted by molar-refractivity contribution is 0.226. The van der Waals surface area contributed by atoms with Crippen LogP contribution in [0.15, 0.2) is 275 Å². The van der Waals surface area contributed by atoms with Gasteiger partial charge in [0, 0.05) is 4.43 Å². The molecule has 0 saturated carbocycles. The van der Waals surface area contributed by atoms with Crippen molar-refractivity contribution < 1.29 is 43.0 Å². The Morgan fingerprint density at radius 3 is 0.853 bits per heavy atom. The van der Waals surface area contributed by atoms with Crippen LogP contribution < -0.4 is 37.9 Å². The summed E-state index contributed by atoms with van der Waals surface area (Å²) in [6.07, 6.45) is 7.33. The zero-order valence-electron chi connectivity index (χ0n) is 51.8. The van der Waals surface area contributed by atoms with E-state index in [2.05, 4.69) is 69.0 Å². The number of hydrogen-bond donors (Lipinski definition) is 1. The number of aliphatic hydroxyl groups excluding tert-OH is 1. The molecule has 4 aromatic heterocycles. The van der Waals surface area contributed by atoms with Crippen LogP contribution >= 0.6 is 34.2 Å². The number of alkyl halides is 1. The van der Waals surface area contributed by atoms with Gasteiger partial charge in [0.15, 0.2) is 5.15 Å². The van der Waals surface area contributed by atoms with Gasteiger partial charge in [0.05, 0.1) is 12.3 Å². The highest BCUT2D eigenvalue weighted by molar-refractivity contribution is 14.1. The number of hydrogen-bond acceptors (Lipinski definition) is 17. The van der Waals surface area contributed by atoms with Gasteiger partial charge in [-0.3, -0.25) is 0 Å². The zero-order chi connectivity index (χ0) is 65.8. The minimum Gasteiger partial charge on any atom is -0.482 e. The summed E-state index contributed by atoms with van der Waals surface area (Å²) >= 11 is 8.39. The van der Waals surface area contributed by atoms with Crippen LogP contribution in [0.5, 0.6) is 46.5 Å². The Balaban J connectivity index is 0.000000149. The van der Waals surface area contributed by atoms with E-state index in [1.54, 1.807) is 6.08 Å². The van der Waals surface area contributed by atoms with Gasteiger partial charge in [-0.1, -0.05) is 283 Å². The second-order valence-electron chi connectivity index (χ2n) is 20.3. The average Bonchev–Trinajstić information content (AvgIpc) is 2.32. The topological polar surface area (TPSA) is 197 Å². The van der Waals surface area contributed by atoms with Gasteiger partial charge >= 0.3 is 0 Å². The molecule has 8 aromatic carbocycles. The summed E-state index contributed by atoms with van der Waals surface area (Å²) < 4.78 is 47.4. The van der Waals surface area contributed by atoms with Gasteiger partial charge in [0.1, 0.15) is 89.6 Å². The van der Waals surface area contributed by atoms with E-state index in [0.717, 1.165) is 54.6 Å². The highest BCUT2D eigenvalue weighted by atomic mass is 127.